The molecule has 2 aromatic carbocycles. The number of phenols is 1. The summed E-state index contributed by atoms with van der Waals surface area (Å²) >= 11 is 3.27. The zero-order valence-corrected chi connectivity index (χ0v) is 14.4. The van der Waals surface area contributed by atoms with Crippen LogP contribution in [0, 0.1) is 13.8 Å². The van der Waals surface area contributed by atoms with Gasteiger partial charge in [-0.2, -0.15) is 13.5 Å². The first-order valence-corrected chi connectivity index (χ1v) is 8.68. The minimum Gasteiger partial charge on any atom is -0.507 e. The summed E-state index contributed by atoms with van der Waals surface area (Å²) in [6, 6.07) is 9.85. The molecule has 2 aromatic rings. The Bertz CT molecular complexity index is 833. The predicted molar refractivity (Wildman–Crippen MR) is 89.6 cm³/mol. The molecule has 2 rings (SSSR count). The number of aromatic hydroxyl groups is 1. The first kappa shape index (κ1) is 16.5. The van der Waals surface area contributed by atoms with Gasteiger partial charge in [-0.15, -0.1) is 0 Å². The third-order valence-corrected chi connectivity index (χ3v) is 4.86. The Balaban J connectivity index is 2.22. The maximum absolute atomic E-state index is 12.2. The van der Waals surface area contributed by atoms with Gasteiger partial charge in [0.05, 0.1) is 11.1 Å². The summed E-state index contributed by atoms with van der Waals surface area (Å²) in [5.41, 5.74) is 2.03. The number of phenolic OH excluding ortho intramolecular Hbond substituents is 1. The summed E-state index contributed by atoms with van der Waals surface area (Å²) in [6.07, 6.45) is 1.25. The van der Waals surface area contributed by atoms with Crippen LogP contribution in [0.5, 0.6) is 5.75 Å². The van der Waals surface area contributed by atoms with Crippen molar-refractivity contribution >= 4 is 32.2 Å². The zero-order valence-electron chi connectivity index (χ0n) is 12.0. The number of sulfonamides is 1. The SMILES string of the molecule is Cc1ccc(S(=O)(=O)N/N=C/c2cc(Br)ccc2O)c(C)c1. The van der Waals surface area contributed by atoms with E-state index in [-0.39, 0.29) is 10.6 Å². The molecule has 0 saturated heterocycles. The van der Waals surface area contributed by atoms with Gasteiger partial charge in [0.2, 0.25) is 0 Å². The normalized spacial score (nSPS) is 11.8. The fraction of sp³-hybridized carbons (Fsp3) is 0.133. The van der Waals surface area contributed by atoms with Crippen LogP contribution in [-0.4, -0.2) is 19.7 Å². The van der Waals surface area contributed by atoms with Crippen LogP contribution in [0.3, 0.4) is 0 Å². The number of aryl methyl sites for hydroxylation is 2. The minimum atomic E-state index is -3.74. The van der Waals surface area contributed by atoms with Crippen molar-refractivity contribution in [2.24, 2.45) is 5.10 Å². The van der Waals surface area contributed by atoms with E-state index in [0.717, 1.165) is 10.0 Å². The van der Waals surface area contributed by atoms with Gasteiger partial charge in [0.1, 0.15) is 5.75 Å². The van der Waals surface area contributed by atoms with Gasteiger partial charge in [-0.05, 0) is 43.7 Å². The molecular formula is C15H15BrN2O3S. The van der Waals surface area contributed by atoms with Crippen molar-refractivity contribution in [3.8, 4) is 5.75 Å². The van der Waals surface area contributed by atoms with Crippen molar-refractivity contribution in [2.75, 3.05) is 0 Å². The van der Waals surface area contributed by atoms with Gasteiger partial charge in [-0.25, -0.2) is 4.83 Å². The van der Waals surface area contributed by atoms with Crippen molar-refractivity contribution in [1.29, 1.82) is 0 Å². The number of nitrogens with zero attached hydrogens (tertiary/aromatic N) is 1. The molecule has 116 valence electrons. The van der Waals surface area contributed by atoms with Crippen LogP contribution in [0.15, 0.2) is 50.9 Å². The second kappa shape index (κ2) is 6.50. The van der Waals surface area contributed by atoms with Crippen LogP contribution in [0.2, 0.25) is 0 Å². The first-order chi connectivity index (χ1) is 10.3. The van der Waals surface area contributed by atoms with Crippen molar-refractivity contribution in [3.05, 3.63) is 57.6 Å². The number of rotatable bonds is 4. The van der Waals surface area contributed by atoms with Crippen molar-refractivity contribution in [1.82, 2.24) is 4.83 Å². The molecule has 0 heterocycles. The molecule has 0 radical (unpaired) electrons. The Morgan fingerprint density at radius 1 is 1.18 bits per heavy atom. The number of halogens is 1. The average molecular weight is 383 g/mol. The summed E-state index contributed by atoms with van der Waals surface area (Å²) in [5.74, 6) is 0.0117. The summed E-state index contributed by atoms with van der Waals surface area (Å²) in [7, 11) is -3.74. The lowest BCUT2D eigenvalue weighted by Crippen LogP contribution is -2.19. The van der Waals surface area contributed by atoms with E-state index in [9.17, 15) is 13.5 Å². The van der Waals surface area contributed by atoms with Gasteiger partial charge in [0, 0.05) is 10.0 Å². The van der Waals surface area contributed by atoms with Crippen molar-refractivity contribution < 1.29 is 13.5 Å². The van der Waals surface area contributed by atoms with Crippen LogP contribution >= 0.6 is 15.9 Å². The fourth-order valence-electron chi connectivity index (χ4n) is 1.94. The summed E-state index contributed by atoms with van der Waals surface area (Å²) in [5, 5.41) is 13.4. The quantitative estimate of drug-likeness (QED) is 0.629. The Morgan fingerprint density at radius 3 is 2.59 bits per heavy atom. The van der Waals surface area contributed by atoms with Crippen LogP contribution in [0.4, 0.5) is 0 Å². The molecule has 7 heteroatoms. The lowest BCUT2D eigenvalue weighted by atomic mass is 10.2. The number of benzene rings is 2. The average Bonchev–Trinajstić information content (AvgIpc) is 2.42. The Kier molecular flexibility index (Phi) is 4.87. The molecule has 0 aliphatic rings. The third kappa shape index (κ3) is 3.86. The maximum Gasteiger partial charge on any atom is 0.276 e. The van der Waals surface area contributed by atoms with E-state index in [1.165, 1.54) is 12.3 Å². The molecule has 0 saturated carbocycles. The monoisotopic (exact) mass is 382 g/mol. The van der Waals surface area contributed by atoms with E-state index in [0.29, 0.717) is 11.1 Å². The van der Waals surface area contributed by atoms with E-state index >= 15 is 0 Å². The molecule has 2 N–H and O–H groups in total. The molecular weight excluding hydrogens is 368 g/mol. The van der Waals surface area contributed by atoms with Crippen LogP contribution in [-0.2, 0) is 10.0 Å². The van der Waals surface area contributed by atoms with E-state index < -0.39 is 10.0 Å². The van der Waals surface area contributed by atoms with Crippen LogP contribution < -0.4 is 4.83 Å². The van der Waals surface area contributed by atoms with Gasteiger partial charge in [-0.1, -0.05) is 33.6 Å². The van der Waals surface area contributed by atoms with Gasteiger partial charge in [-0.3, -0.25) is 0 Å². The van der Waals surface area contributed by atoms with Crippen LogP contribution in [0.1, 0.15) is 16.7 Å². The molecule has 0 aromatic heterocycles. The largest absolute Gasteiger partial charge is 0.507 e. The van der Waals surface area contributed by atoms with Crippen molar-refractivity contribution in [2.45, 2.75) is 18.7 Å². The molecule has 0 atom stereocenters. The zero-order chi connectivity index (χ0) is 16.3. The van der Waals surface area contributed by atoms with E-state index in [1.54, 1.807) is 37.3 Å². The third-order valence-electron chi connectivity index (χ3n) is 2.99. The lowest BCUT2D eigenvalue weighted by molar-refractivity contribution is 0.474. The number of nitrogens with one attached hydrogen (secondary N) is 1. The molecule has 5 nitrogen and oxygen atoms in total. The summed E-state index contributed by atoms with van der Waals surface area (Å²) in [4.78, 5) is 2.32. The van der Waals surface area contributed by atoms with Crippen molar-refractivity contribution in [3.63, 3.8) is 0 Å². The maximum atomic E-state index is 12.2. The highest BCUT2D eigenvalue weighted by molar-refractivity contribution is 9.10. The van der Waals surface area contributed by atoms with Gasteiger partial charge >= 0.3 is 0 Å². The molecule has 0 bridgehead atoms. The fourth-order valence-corrected chi connectivity index (χ4v) is 3.34. The highest BCUT2D eigenvalue weighted by Crippen LogP contribution is 2.20. The Labute approximate surface area is 137 Å². The molecule has 0 fully saturated rings. The lowest BCUT2D eigenvalue weighted by Gasteiger charge is -2.07. The number of hydrazone groups is 1. The Morgan fingerprint density at radius 2 is 1.91 bits per heavy atom. The topological polar surface area (TPSA) is 78.8 Å². The highest BCUT2D eigenvalue weighted by atomic mass is 79.9. The van der Waals surface area contributed by atoms with Crippen LogP contribution in [0.25, 0.3) is 0 Å². The first-order valence-electron chi connectivity index (χ1n) is 6.40. The predicted octanol–water partition coefficient (Wildman–Crippen LogP) is 3.08. The standard InChI is InChI=1S/C15H15BrN2O3S/c1-10-3-6-15(11(2)7-10)22(20,21)18-17-9-12-8-13(16)4-5-14(12)19/h3-9,18-19H,1-2H3/b17-9+. The Hall–Kier alpha value is -1.86. The van der Waals surface area contributed by atoms with E-state index in [1.807, 2.05) is 6.92 Å². The summed E-state index contributed by atoms with van der Waals surface area (Å²) < 4.78 is 25.2. The van der Waals surface area contributed by atoms with Gasteiger partial charge in [0.15, 0.2) is 0 Å². The highest BCUT2D eigenvalue weighted by Gasteiger charge is 2.15. The van der Waals surface area contributed by atoms with Gasteiger partial charge in [0.25, 0.3) is 10.0 Å². The number of hydrogen-bond donors (Lipinski definition) is 2. The molecule has 0 amide bonds. The number of hydrogen-bond acceptors (Lipinski definition) is 4. The smallest absolute Gasteiger partial charge is 0.276 e. The molecule has 22 heavy (non-hydrogen) atoms. The van der Waals surface area contributed by atoms with E-state index in [4.69, 9.17) is 0 Å². The molecule has 0 unspecified atom stereocenters. The molecule has 0 aliphatic carbocycles. The molecule has 0 aliphatic heterocycles. The van der Waals surface area contributed by atoms with Gasteiger partial charge < -0.3 is 5.11 Å². The second-order valence-corrected chi connectivity index (χ2v) is 7.37. The van der Waals surface area contributed by atoms with E-state index in [2.05, 4.69) is 25.9 Å². The summed E-state index contributed by atoms with van der Waals surface area (Å²) in [6.45, 7) is 3.62. The second-order valence-electron chi connectivity index (χ2n) is 4.83. The minimum absolute atomic E-state index is 0.0117. The molecule has 0 spiro atoms.